The van der Waals surface area contributed by atoms with Gasteiger partial charge in [-0.15, -0.1) is 0 Å². The number of nitrogens with one attached hydrogen (secondary N) is 1. The summed E-state index contributed by atoms with van der Waals surface area (Å²) in [7, 11) is 0. The zero-order valence-corrected chi connectivity index (χ0v) is 12.2. The zero-order chi connectivity index (χ0) is 13.9. The lowest BCUT2D eigenvalue weighted by molar-refractivity contribution is -0.127. The maximum absolute atomic E-state index is 12.2. The van der Waals surface area contributed by atoms with E-state index in [1.807, 2.05) is 0 Å². The molecule has 0 radical (unpaired) electrons. The van der Waals surface area contributed by atoms with E-state index >= 15 is 0 Å². The van der Waals surface area contributed by atoms with Crippen LogP contribution >= 0.6 is 0 Å². The Labute approximate surface area is 121 Å². The first-order chi connectivity index (χ1) is 9.74. The minimum Gasteiger partial charge on any atom is -0.373 e. The average Bonchev–Trinajstić information content (AvgIpc) is 2.92. The Morgan fingerprint density at radius 3 is 2.95 bits per heavy atom. The van der Waals surface area contributed by atoms with E-state index in [4.69, 9.17) is 10.5 Å². The van der Waals surface area contributed by atoms with Crippen molar-refractivity contribution in [1.82, 2.24) is 10.2 Å². The lowest BCUT2D eigenvalue weighted by Crippen LogP contribution is -2.51. The molecule has 2 heterocycles. The smallest absolute Gasteiger partial charge is 0.224 e. The highest BCUT2D eigenvalue weighted by Crippen LogP contribution is 2.24. The number of rotatable bonds is 3. The Bertz CT molecular complexity index is 350. The monoisotopic (exact) mass is 281 g/mol. The third-order valence-electron chi connectivity index (χ3n) is 5.12. The van der Waals surface area contributed by atoms with Crippen molar-refractivity contribution in [2.75, 3.05) is 26.2 Å². The van der Waals surface area contributed by atoms with Crippen LogP contribution in [0.4, 0.5) is 0 Å². The Morgan fingerprint density at radius 2 is 2.10 bits per heavy atom. The van der Waals surface area contributed by atoms with Gasteiger partial charge in [0, 0.05) is 25.2 Å². The number of ether oxygens (including phenoxy) is 1. The van der Waals surface area contributed by atoms with Crippen molar-refractivity contribution in [1.29, 1.82) is 0 Å². The Balaban J connectivity index is 1.43. The van der Waals surface area contributed by atoms with Crippen LogP contribution in [0.1, 0.15) is 38.5 Å². The number of hydrogen-bond donors (Lipinski definition) is 2. The van der Waals surface area contributed by atoms with Gasteiger partial charge in [0.25, 0.3) is 0 Å². The van der Waals surface area contributed by atoms with Gasteiger partial charge in [0.2, 0.25) is 5.91 Å². The molecule has 1 saturated carbocycles. The number of hydrogen-bond acceptors (Lipinski definition) is 4. The fraction of sp³-hybridized carbons (Fsp3) is 0.933. The molecule has 3 N–H and O–H groups in total. The van der Waals surface area contributed by atoms with Gasteiger partial charge in [0.15, 0.2) is 0 Å². The van der Waals surface area contributed by atoms with Gasteiger partial charge in [0.05, 0.1) is 18.6 Å². The van der Waals surface area contributed by atoms with E-state index in [-0.39, 0.29) is 24.0 Å². The molecule has 5 heteroatoms. The van der Waals surface area contributed by atoms with Gasteiger partial charge in [-0.1, -0.05) is 12.8 Å². The largest absolute Gasteiger partial charge is 0.373 e. The summed E-state index contributed by atoms with van der Waals surface area (Å²) in [5.41, 5.74) is 6.06. The van der Waals surface area contributed by atoms with Crippen LogP contribution in [0.3, 0.4) is 0 Å². The van der Waals surface area contributed by atoms with E-state index in [1.165, 1.54) is 19.4 Å². The SMILES string of the molecule is NC1CCCCC1C(=O)NCC1CN2CCCC2CO1. The Hall–Kier alpha value is -0.650. The second kappa shape index (κ2) is 6.41. The molecule has 0 aromatic heterocycles. The summed E-state index contributed by atoms with van der Waals surface area (Å²) in [4.78, 5) is 14.7. The minimum atomic E-state index is 0.00637. The van der Waals surface area contributed by atoms with E-state index in [0.29, 0.717) is 12.6 Å². The summed E-state index contributed by atoms with van der Waals surface area (Å²) in [5.74, 6) is 0.135. The molecular weight excluding hydrogens is 254 g/mol. The lowest BCUT2D eigenvalue weighted by atomic mass is 9.84. The first-order valence-electron chi connectivity index (χ1n) is 8.13. The van der Waals surface area contributed by atoms with Gasteiger partial charge in [-0.25, -0.2) is 0 Å². The molecule has 4 unspecified atom stereocenters. The van der Waals surface area contributed by atoms with E-state index in [0.717, 1.165) is 38.8 Å². The molecular formula is C15H27N3O2. The van der Waals surface area contributed by atoms with E-state index in [1.54, 1.807) is 0 Å². The van der Waals surface area contributed by atoms with Crippen LogP contribution in [0.25, 0.3) is 0 Å². The highest BCUT2D eigenvalue weighted by atomic mass is 16.5. The summed E-state index contributed by atoms with van der Waals surface area (Å²) < 4.78 is 5.87. The van der Waals surface area contributed by atoms with Crippen LogP contribution in [-0.4, -0.2) is 55.2 Å². The van der Waals surface area contributed by atoms with Gasteiger partial charge in [-0.3, -0.25) is 9.69 Å². The fourth-order valence-corrected chi connectivity index (χ4v) is 3.84. The molecule has 0 bridgehead atoms. The number of morpholine rings is 1. The van der Waals surface area contributed by atoms with Gasteiger partial charge in [-0.2, -0.15) is 0 Å². The summed E-state index contributed by atoms with van der Waals surface area (Å²) >= 11 is 0. The van der Waals surface area contributed by atoms with Crippen LogP contribution in [0.2, 0.25) is 0 Å². The molecule has 3 fully saturated rings. The van der Waals surface area contributed by atoms with E-state index < -0.39 is 0 Å². The van der Waals surface area contributed by atoms with Crippen molar-refractivity contribution < 1.29 is 9.53 Å². The number of amides is 1. The molecule has 114 valence electrons. The standard InChI is InChI=1S/C15H27N3O2/c16-14-6-2-1-5-13(14)15(19)17-8-12-9-18-7-3-4-11(18)10-20-12/h11-14H,1-10,16H2,(H,17,19). The van der Waals surface area contributed by atoms with Crippen molar-refractivity contribution in [3.63, 3.8) is 0 Å². The van der Waals surface area contributed by atoms with Crippen LogP contribution in [0.15, 0.2) is 0 Å². The van der Waals surface area contributed by atoms with Crippen LogP contribution < -0.4 is 11.1 Å². The molecule has 1 aliphatic carbocycles. The van der Waals surface area contributed by atoms with Crippen LogP contribution in [0, 0.1) is 5.92 Å². The molecule has 4 atom stereocenters. The number of carbonyl (C=O) groups excluding carboxylic acids is 1. The minimum absolute atomic E-state index is 0.00637. The molecule has 5 nitrogen and oxygen atoms in total. The Morgan fingerprint density at radius 1 is 1.25 bits per heavy atom. The molecule has 0 aromatic rings. The normalized spacial score (nSPS) is 38.5. The molecule has 3 aliphatic rings. The molecule has 0 spiro atoms. The van der Waals surface area contributed by atoms with Crippen molar-refractivity contribution in [2.45, 2.75) is 56.7 Å². The molecule has 2 saturated heterocycles. The summed E-state index contributed by atoms with van der Waals surface area (Å²) in [6.45, 7) is 3.60. The van der Waals surface area contributed by atoms with Crippen molar-refractivity contribution in [2.24, 2.45) is 11.7 Å². The third kappa shape index (κ3) is 3.15. The molecule has 20 heavy (non-hydrogen) atoms. The Kier molecular flexibility index (Phi) is 4.58. The topological polar surface area (TPSA) is 67.6 Å². The quantitative estimate of drug-likeness (QED) is 0.790. The summed E-state index contributed by atoms with van der Waals surface area (Å²) in [6, 6.07) is 0.660. The van der Waals surface area contributed by atoms with Crippen LogP contribution in [-0.2, 0) is 9.53 Å². The maximum atomic E-state index is 12.2. The van der Waals surface area contributed by atoms with Gasteiger partial charge < -0.3 is 15.8 Å². The predicted octanol–water partition coefficient (Wildman–Crippen LogP) is 0.483. The second-order valence-electron chi connectivity index (χ2n) is 6.55. The zero-order valence-electron chi connectivity index (χ0n) is 12.2. The third-order valence-corrected chi connectivity index (χ3v) is 5.12. The van der Waals surface area contributed by atoms with E-state index in [9.17, 15) is 4.79 Å². The van der Waals surface area contributed by atoms with Crippen molar-refractivity contribution >= 4 is 5.91 Å². The lowest BCUT2D eigenvalue weighted by Gasteiger charge is -2.35. The summed E-state index contributed by atoms with van der Waals surface area (Å²) in [5, 5.41) is 3.06. The highest BCUT2D eigenvalue weighted by Gasteiger charge is 2.33. The molecule has 1 amide bonds. The average molecular weight is 281 g/mol. The molecule has 3 rings (SSSR count). The van der Waals surface area contributed by atoms with Crippen LogP contribution in [0.5, 0.6) is 0 Å². The molecule has 2 aliphatic heterocycles. The first-order valence-corrected chi connectivity index (χ1v) is 8.13. The van der Waals surface area contributed by atoms with Gasteiger partial charge in [0.1, 0.15) is 0 Å². The molecule has 0 aromatic carbocycles. The highest BCUT2D eigenvalue weighted by molar-refractivity contribution is 5.79. The van der Waals surface area contributed by atoms with Gasteiger partial charge >= 0.3 is 0 Å². The fourth-order valence-electron chi connectivity index (χ4n) is 3.84. The summed E-state index contributed by atoms with van der Waals surface area (Å²) in [6.07, 6.45) is 6.89. The maximum Gasteiger partial charge on any atom is 0.224 e. The number of fused-ring (bicyclic) bond motifs is 1. The van der Waals surface area contributed by atoms with Crippen molar-refractivity contribution in [3.05, 3.63) is 0 Å². The van der Waals surface area contributed by atoms with Crippen molar-refractivity contribution in [3.8, 4) is 0 Å². The second-order valence-corrected chi connectivity index (χ2v) is 6.55. The first kappa shape index (κ1) is 14.3. The number of nitrogens with zero attached hydrogens (tertiary/aromatic N) is 1. The van der Waals surface area contributed by atoms with E-state index in [2.05, 4.69) is 10.2 Å². The number of carbonyl (C=O) groups is 1. The van der Waals surface area contributed by atoms with Gasteiger partial charge in [-0.05, 0) is 32.2 Å². The number of nitrogens with two attached hydrogens (primary N) is 1. The predicted molar refractivity (Wildman–Crippen MR) is 77.3 cm³/mol.